The molecule has 108 valence electrons. The van der Waals surface area contributed by atoms with E-state index in [4.69, 9.17) is 16.3 Å². The number of methoxy groups -OCH3 is 1. The molecule has 5 nitrogen and oxygen atoms in total. The van der Waals surface area contributed by atoms with Crippen molar-refractivity contribution in [1.82, 2.24) is 14.9 Å². The molecule has 0 atom stereocenters. The average molecular weight is 296 g/mol. The van der Waals surface area contributed by atoms with Crippen LogP contribution < -0.4 is 10.1 Å². The first-order chi connectivity index (χ1) is 9.71. The largest absolute Gasteiger partial charge is 0.494 e. The van der Waals surface area contributed by atoms with Gasteiger partial charge in [-0.3, -0.25) is 4.79 Å². The molecule has 0 aliphatic heterocycles. The van der Waals surface area contributed by atoms with Crippen LogP contribution in [0.3, 0.4) is 0 Å². The van der Waals surface area contributed by atoms with Gasteiger partial charge in [0.1, 0.15) is 17.1 Å². The molecule has 0 radical (unpaired) electrons. The minimum absolute atomic E-state index is 0.0257. The minimum atomic E-state index is 0.0257. The fourth-order valence-electron chi connectivity index (χ4n) is 2.18. The van der Waals surface area contributed by atoms with E-state index in [0.29, 0.717) is 31.1 Å². The molecular weight excluding hydrogens is 278 g/mol. The molecule has 1 aromatic heterocycles. The lowest BCUT2D eigenvalue weighted by molar-refractivity contribution is -0.121. The number of rotatable bonds is 6. The summed E-state index contributed by atoms with van der Waals surface area (Å²) < 4.78 is 7.28. The van der Waals surface area contributed by atoms with Crippen LogP contribution >= 0.6 is 11.6 Å². The third-order valence-electron chi connectivity index (χ3n) is 3.10. The normalized spacial score (nSPS) is 10.8. The van der Waals surface area contributed by atoms with Crippen molar-refractivity contribution in [2.24, 2.45) is 0 Å². The summed E-state index contributed by atoms with van der Waals surface area (Å²) in [5.74, 6) is 1.78. The average Bonchev–Trinajstić information content (AvgIpc) is 2.83. The fourth-order valence-corrected chi connectivity index (χ4v) is 2.39. The van der Waals surface area contributed by atoms with Gasteiger partial charge in [-0.15, -0.1) is 11.6 Å². The Bertz CT molecular complexity index is 610. The van der Waals surface area contributed by atoms with Crippen LogP contribution in [0.2, 0.25) is 0 Å². The van der Waals surface area contributed by atoms with Crippen molar-refractivity contribution < 1.29 is 9.53 Å². The molecule has 0 unspecified atom stereocenters. The van der Waals surface area contributed by atoms with Gasteiger partial charge in [0, 0.05) is 19.5 Å². The highest BCUT2D eigenvalue weighted by molar-refractivity contribution is 6.16. The lowest BCUT2D eigenvalue weighted by Gasteiger charge is -2.08. The van der Waals surface area contributed by atoms with E-state index in [9.17, 15) is 4.79 Å². The Morgan fingerprint density at radius 1 is 1.50 bits per heavy atom. The Morgan fingerprint density at radius 2 is 2.30 bits per heavy atom. The number of aromatic nitrogens is 2. The van der Waals surface area contributed by atoms with E-state index in [1.807, 2.05) is 29.7 Å². The standard InChI is InChI=1S/C14H18ClN3O2/c1-3-16-13(19)7-8-18-10-5-4-6-11(20-2)14(10)17-12(18)9-15/h4-6H,3,7-9H2,1-2H3,(H,16,19). The maximum absolute atomic E-state index is 11.6. The topological polar surface area (TPSA) is 56.2 Å². The van der Waals surface area contributed by atoms with Crippen molar-refractivity contribution >= 4 is 28.5 Å². The van der Waals surface area contributed by atoms with Gasteiger partial charge >= 0.3 is 0 Å². The van der Waals surface area contributed by atoms with Crippen LogP contribution in [0, 0.1) is 0 Å². The lowest BCUT2D eigenvalue weighted by Crippen LogP contribution is -2.24. The van der Waals surface area contributed by atoms with Crippen molar-refractivity contribution in [3.05, 3.63) is 24.0 Å². The highest BCUT2D eigenvalue weighted by Crippen LogP contribution is 2.26. The van der Waals surface area contributed by atoms with Crippen LogP contribution in [0.1, 0.15) is 19.2 Å². The molecule has 2 rings (SSSR count). The van der Waals surface area contributed by atoms with Crippen molar-refractivity contribution in [3.8, 4) is 5.75 Å². The molecule has 0 saturated carbocycles. The molecule has 0 aliphatic rings. The molecule has 0 fully saturated rings. The Morgan fingerprint density at radius 3 is 2.95 bits per heavy atom. The number of ether oxygens (including phenoxy) is 1. The molecule has 0 bridgehead atoms. The maximum atomic E-state index is 11.6. The summed E-state index contributed by atoms with van der Waals surface area (Å²) in [7, 11) is 1.61. The molecule has 20 heavy (non-hydrogen) atoms. The monoisotopic (exact) mass is 295 g/mol. The van der Waals surface area contributed by atoms with Crippen LogP contribution in [-0.2, 0) is 17.2 Å². The second kappa shape index (κ2) is 6.61. The number of hydrogen-bond donors (Lipinski definition) is 1. The van der Waals surface area contributed by atoms with Crippen LogP contribution in [0.5, 0.6) is 5.75 Å². The van der Waals surface area contributed by atoms with Crippen molar-refractivity contribution in [3.63, 3.8) is 0 Å². The van der Waals surface area contributed by atoms with E-state index in [1.54, 1.807) is 7.11 Å². The van der Waals surface area contributed by atoms with Crippen LogP contribution in [0.4, 0.5) is 0 Å². The highest BCUT2D eigenvalue weighted by Gasteiger charge is 2.14. The van der Waals surface area contributed by atoms with Gasteiger partial charge in [0.05, 0.1) is 18.5 Å². The van der Waals surface area contributed by atoms with E-state index in [1.165, 1.54) is 0 Å². The van der Waals surface area contributed by atoms with Gasteiger partial charge < -0.3 is 14.6 Å². The van der Waals surface area contributed by atoms with Gasteiger partial charge in [-0.05, 0) is 19.1 Å². The molecule has 2 aromatic rings. The number of nitrogens with zero attached hydrogens (tertiary/aromatic N) is 2. The summed E-state index contributed by atoms with van der Waals surface area (Å²) in [6.07, 6.45) is 0.403. The molecule has 1 heterocycles. The zero-order chi connectivity index (χ0) is 14.5. The number of hydrogen-bond acceptors (Lipinski definition) is 3. The molecule has 6 heteroatoms. The van der Waals surface area contributed by atoms with Crippen molar-refractivity contribution in [2.75, 3.05) is 13.7 Å². The number of alkyl halides is 1. The van der Waals surface area contributed by atoms with E-state index in [0.717, 1.165) is 16.9 Å². The number of carbonyl (C=O) groups is 1. The number of fused-ring (bicyclic) bond motifs is 1. The van der Waals surface area contributed by atoms with Crippen LogP contribution in [0.15, 0.2) is 18.2 Å². The predicted molar refractivity (Wildman–Crippen MR) is 79.1 cm³/mol. The van der Waals surface area contributed by atoms with Gasteiger partial charge in [-0.1, -0.05) is 6.07 Å². The molecule has 0 spiro atoms. The number of benzene rings is 1. The van der Waals surface area contributed by atoms with E-state index < -0.39 is 0 Å². The molecular formula is C14H18ClN3O2. The summed E-state index contributed by atoms with van der Waals surface area (Å²) in [6.45, 7) is 3.09. The number of para-hydroxylation sites is 1. The van der Waals surface area contributed by atoms with Gasteiger partial charge in [0.2, 0.25) is 5.91 Å². The van der Waals surface area contributed by atoms with E-state index >= 15 is 0 Å². The highest BCUT2D eigenvalue weighted by atomic mass is 35.5. The number of imidazole rings is 1. The third-order valence-corrected chi connectivity index (χ3v) is 3.34. The number of aryl methyl sites for hydroxylation is 1. The molecule has 0 saturated heterocycles. The van der Waals surface area contributed by atoms with Gasteiger partial charge in [-0.25, -0.2) is 4.98 Å². The molecule has 1 N–H and O–H groups in total. The quantitative estimate of drug-likeness (QED) is 0.832. The number of carbonyl (C=O) groups excluding carboxylic acids is 1. The SMILES string of the molecule is CCNC(=O)CCn1c(CCl)nc2c(OC)cccc21. The van der Waals surface area contributed by atoms with Crippen LogP contribution in [0.25, 0.3) is 11.0 Å². The number of amides is 1. The predicted octanol–water partition coefficient (Wildman–Crippen LogP) is 2.31. The van der Waals surface area contributed by atoms with Crippen molar-refractivity contribution in [1.29, 1.82) is 0 Å². The van der Waals surface area contributed by atoms with Crippen molar-refractivity contribution in [2.45, 2.75) is 25.8 Å². The fraction of sp³-hybridized carbons (Fsp3) is 0.429. The maximum Gasteiger partial charge on any atom is 0.221 e. The van der Waals surface area contributed by atoms with E-state index in [-0.39, 0.29) is 5.91 Å². The Labute approximate surface area is 122 Å². The van der Waals surface area contributed by atoms with Crippen LogP contribution in [-0.4, -0.2) is 29.1 Å². The Balaban J connectivity index is 2.33. The Kier molecular flexibility index (Phi) is 4.84. The smallest absolute Gasteiger partial charge is 0.221 e. The first-order valence-corrected chi connectivity index (χ1v) is 7.09. The number of halogens is 1. The third kappa shape index (κ3) is 2.88. The summed E-state index contributed by atoms with van der Waals surface area (Å²) in [4.78, 5) is 16.1. The molecule has 1 amide bonds. The zero-order valence-electron chi connectivity index (χ0n) is 11.6. The minimum Gasteiger partial charge on any atom is -0.494 e. The second-order valence-electron chi connectivity index (χ2n) is 4.34. The lowest BCUT2D eigenvalue weighted by atomic mass is 10.3. The van der Waals surface area contributed by atoms with E-state index in [2.05, 4.69) is 10.3 Å². The summed E-state index contributed by atoms with van der Waals surface area (Å²) in [6, 6.07) is 5.73. The van der Waals surface area contributed by atoms with Gasteiger partial charge in [-0.2, -0.15) is 0 Å². The zero-order valence-corrected chi connectivity index (χ0v) is 12.4. The van der Waals surface area contributed by atoms with Gasteiger partial charge in [0.25, 0.3) is 0 Å². The first kappa shape index (κ1) is 14.7. The molecule has 0 aliphatic carbocycles. The second-order valence-corrected chi connectivity index (χ2v) is 4.61. The summed E-state index contributed by atoms with van der Waals surface area (Å²) in [5, 5.41) is 2.79. The Hall–Kier alpha value is -1.75. The number of nitrogens with one attached hydrogen (secondary N) is 1. The first-order valence-electron chi connectivity index (χ1n) is 6.56. The summed E-state index contributed by atoms with van der Waals surface area (Å²) >= 11 is 5.95. The van der Waals surface area contributed by atoms with Gasteiger partial charge in [0.15, 0.2) is 0 Å². The summed E-state index contributed by atoms with van der Waals surface area (Å²) in [5.41, 5.74) is 1.71. The molecule has 1 aromatic carbocycles.